The summed E-state index contributed by atoms with van der Waals surface area (Å²) in [5.74, 6) is 0.973. The Hall–Kier alpha value is -2.36. The average Bonchev–Trinajstić information content (AvgIpc) is 2.66. The normalized spacial score (nSPS) is 10.9. The second-order valence-corrected chi connectivity index (χ2v) is 4.31. The van der Waals surface area contributed by atoms with E-state index >= 15 is 0 Å². The van der Waals surface area contributed by atoms with Gasteiger partial charge in [0.2, 0.25) is 0 Å². The van der Waals surface area contributed by atoms with Gasteiger partial charge in [-0.2, -0.15) is 0 Å². The van der Waals surface area contributed by atoms with Crippen molar-refractivity contribution in [3.05, 3.63) is 54.1 Å². The van der Waals surface area contributed by atoms with Crippen molar-refractivity contribution >= 4 is 16.7 Å². The molecule has 90 valence electrons. The number of hydrogen-bond donors (Lipinski definition) is 1. The number of benzene rings is 1. The lowest BCUT2D eigenvalue weighted by Gasteiger charge is -2.06. The van der Waals surface area contributed by atoms with Crippen LogP contribution >= 0.6 is 0 Å². The second kappa shape index (κ2) is 4.14. The number of fused-ring (bicyclic) bond motifs is 1. The van der Waals surface area contributed by atoms with Crippen LogP contribution in [-0.2, 0) is 6.54 Å². The maximum atomic E-state index is 5.77. The van der Waals surface area contributed by atoms with Crippen molar-refractivity contribution in [2.45, 2.75) is 13.5 Å². The SMILES string of the molecule is Cc1nc2cc(N)ccc2n1Cc1ccccn1. The van der Waals surface area contributed by atoms with Gasteiger partial charge in [0.25, 0.3) is 0 Å². The molecule has 0 aliphatic carbocycles. The molecule has 2 heterocycles. The maximum Gasteiger partial charge on any atom is 0.107 e. The second-order valence-electron chi connectivity index (χ2n) is 4.31. The van der Waals surface area contributed by atoms with E-state index in [2.05, 4.69) is 14.5 Å². The van der Waals surface area contributed by atoms with E-state index in [0.29, 0.717) is 0 Å². The molecule has 0 saturated carbocycles. The smallest absolute Gasteiger partial charge is 0.107 e. The number of nitrogen functional groups attached to an aromatic ring is 1. The fraction of sp³-hybridized carbons (Fsp3) is 0.143. The molecule has 0 unspecified atom stereocenters. The monoisotopic (exact) mass is 238 g/mol. The summed E-state index contributed by atoms with van der Waals surface area (Å²) in [6, 6.07) is 11.7. The molecule has 0 amide bonds. The summed E-state index contributed by atoms with van der Waals surface area (Å²) in [5.41, 5.74) is 9.56. The highest BCUT2D eigenvalue weighted by Gasteiger charge is 2.08. The largest absolute Gasteiger partial charge is 0.399 e. The van der Waals surface area contributed by atoms with Gasteiger partial charge in [0.05, 0.1) is 23.3 Å². The van der Waals surface area contributed by atoms with Gasteiger partial charge in [0.15, 0.2) is 0 Å². The first-order chi connectivity index (χ1) is 8.74. The highest BCUT2D eigenvalue weighted by Crippen LogP contribution is 2.19. The van der Waals surface area contributed by atoms with Crippen LogP contribution in [-0.4, -0.2) is 14.5 Å². The number of aryl methyl sites for hydroxylation is 1. The zero-order chi connectivity index (χ0) is 12.5. The number of imidazole rings is 1. The zero-order valence-corrected chi connectivity index (χ0v) is 10.2. The molecular formula is C14H14N4. The van der Waals surface area contributed by atoms with Crippen molar-refractivity contribution in [1.82, 2.24) is 14.5 Å². The number of anilines is 1. The van der Waals surface area contributed by atoms with Crippen LogP contribution in [0.1, 0.15) is 11.5 Å². The molecule has 2 N–H and O–H groups in total. The van der Waals surface area contributed by atoms with E-state index in [9.17, 15) is 0 Å². The molecule has 0 aliphatic rings. The zero-order valence-electron chi connectivity index (χ0n) is 10.2. The van der Waals surface area contributed by atoms with E-state index in [0.717, 1.165) is 34.8 Å². The molecule has 0 aliphatic heterocycles. The van der Waals surface area contributed by atoms with Crippen molar-refractivity contribution in [2.75, 3.05) is 5.73 Å². The summed E-state index contributed by atoms with van der Waals surface area (Å²) in [7, 11) is 0. The Morgan fingerprint density at radius 1 is 1.22 bits per heavy atom. The lowest BCUT2D eigenvalue weighted by molar-refractivity contribution is 0.764. The van der Waals surface area contributed by atoms with E-state index < -0.39 is 0 Å². The van der Waals surface area contributed by atoms with Gasteiger partial charge in [-0.25, -0.2) is 4.98 Å². The minimum atomic E-state index is 0.729. The molecular weight excluding hydrogens is 224 g/mol. The Bertz CT molecular complexity index is 686. The van der Waals surface area contributed by atoms with Crippen LogP contribution in [0.3, 0.4) is 0 Å². The van der Waals surface area contributed by atoms with Crippen molar-refractivity contribution < 1.29 is 0 Å². The molecule has 18 heavy (non-hydrogen) atoms. The molecule has 3 rings (SSSR count). The Morgan fingerprint density at radius 2 is 2.11 bits per heavy atom. The Morgan fingerprint density at radius 3 is 2.89 bits per heavy atom. The van der Waals surface area contributed by atoms with Gasteiger partial charge in [-0.1, -0.05) is 6.07 Å². The number of hydrogen-bond acceptors (Lipinski definition) is 3. The summed E-state index contributed by atoms with van der Waals surface area (Å²) in [6.45, 7) is 2.73. The number of rotatable bonds is 2. The Kier molecular flexibility index (Phi) is 2.48. The highest BCUT2D eigenvalue weighted by molar-refractivity contribution is 5.79. The Balaban J connectivity index is 2.09. The van der Waals surface area contributed by atoms with Crippen LogP contribution in [0.4, 0.5) is 5.69 Å². The fourth-order valence-corrected chi connectivity index (χ4v) is 2.12. The predicted octanol–water partition coefficient (Wildman–Crippen LogP) is 2.37. The van der Waals surface area contributed by atoms with E-state index in [1.54, 1.807) is 0 Å². The number of nitrogens with zero attached hydrogens (tertiary/aromatic N) is 3. The topological polar surface area (TPSA) is 56.7 Å². The number of pyridine rings is 1. The molecule has 4 nitrogen and oxygen atoms in total. The van der Waals surface area contributed by atoms with Gasteiger partial charge in [-0.05, 0) is 37.3 Å². The molecule has 0 spiro atoms. The molecule has 0 atom stereocenters. The molecule has 0 saturated heterocycles. The van der Waals surface area contributed by atoms with E-state index in [-0.39, 0.29) is 0 Å². The van der Waals surface area contributed by atoms with Crippen molar-refractivity contribution in [3.8, 4) is 0 Å². The molecule has 0 radical (unpaired) electrons. The van der Waals surface area contributed by atoms with Gasteiger partial charge < -0.3 is 10.3 Å². The third-order valence-electron chi connectivity index (χ3n) is 3.01. The summed E-state index contributed by atoms with van der Waals surface area (Å²) in [4.78, 5) is 8.87. The van der Waals surface area contributed by atoms with Gasteiger partial charge in [0, 0.05) is 11.9 Å². The fourth-order valence-electron chi connectivity index (χ4n) is 2.12. The van der Waals surface area contributed by atoms with Crippen molar-refractivity contribution in [3.63, 3.8) is 0 Å². The molecule has 2 aromatic heterocycles. The summed E-state index contributed by atoms with van der Waals surface area (Å²) < 4.78 is 2.15. The first-order valence-corrected chi connectivity index (χ1v) is 5.86. The van der Waals surface area contributed by atoms with Gasteiger partial charge in [-0.15, -0.1) is 0 Å². The first-order valence-electron chi connectivity index (χ1n) is 5.86. The molecule has 4 heteroatoms. The third kappa shape index (κ3) is 1.82. The van der Waals surface area contributed by atoms with E-state index in [1.165, 1.54) is 0 Å². The first kappa shape index (κ1) is 10.8. The molecule has 1 aromatic carbocycles. The highest BCUT2D eigenvalue weighted by atomic mass is 15.1. The minimum Gasteiger partial charge on any atom is -0.399 e. The van der Waals surface area contributed by atoms with Crippen LogP contribution in [0, 0.1) is 6.92 Å². The average molecular weight is 238 g/mol. The molecule has 3 aromatic rings. The quantitative estimate of drug-likeness (QED) is 0.697. The van der Waals surface area contributed by atoms with Crippen LogP contribution in [0.2, 0.25) is 0 Å². The maximum absolute atomic E-state index is 5.77. The summed E-state index contributed by atoms with van der Waals surface area (Å²) in [6.07, 6.45) is 1.81. The lowest BCUT2D eigenvalue weighted by atomic mass is 10.2. The van der Waals surface area contributed by atoms with Crippen molar-refractivity contribution in [2.24, 2.45) is 0 Å². The van der Waals surface area contributed by atoms with Crippen LogP contribution in [0.5, 0.6) is 0 Å². The van der Waals surface area contributed by atoms with Gasteiger partial charge in [0.1, 0.15) is 5.82 Å². The lowest BCUT2D eigenvalue weighted by Crippen LogP contribution is -2.03. The predicted molar refractivity (Wildman–Crippen MR) is 72.2 cm³/mol. The third-order valence-corrected chi connectivity index (χ3v) is 3.01. The van der Waals surface area contributed by atoms with E-state index in [1.807, 2.05) is 49.5 Å². The van der Waals surface area contributed by atoms with Gasteiger partial charge >= 0.3 is 0 Å². The molecule has 0 bridgehead atoms. The van der Waals surface area contributed by atoms with Crippen LogP contribution in [0.25, 0.3) is 11.0 Å². The Labute approximate surface area is 105 Å². The van der Waals surface area contributed by atoms with Crippen LogP contribution in [0.15, 0.2) is 42.6 Å². The minimum absolute atomic E-state index is 0.729. The van der Waals surface area contributed by atoms with E-state index in [4.69, 9.17) is 5.73 Å². The number of nitrogens with two attached hydrogens (primary N) is 1. The van der Waals surface area contributed by atoms with Crippen LogP contribution < -0.4 is 5.73 Å². The summed E-state index contributed by atoms with van der Waals surface area (Å²) in [5, 5.41) is 0. The number of aromatic nitrogens is 3. The molecule has 0 fully saturated rings. The van der Waals surface area contributed by atoms with Crippen molar-refractivity contribution in [1.29, 1.82) is 0 Å². The standard InChI is InChI=1S/C14H14N4/c1-10-17-13-8-11(15)5-6-14(13)18(10)9-12-4-2-3-7-16-12/h2-8H,9,15H2,1H3. The van der Waals surface area contributed by atoms with Gasteiger partial charge in [-0.3, -0.25) is 4.98 Å². The summed E-state index contributed by atoms with van der Waals surface area (Å²) >= 11 is 0.